The molecule has 1 atom stereocenters. The number of nitrogens with zero attached hydrogens (tertiary/aromatic N) is 1. The van der Waals surface area contributed by atoms with Crippen LogP contribution in [0.5, 0.6) is 0 Å². The molecule has 0 amide bonds. The first-order valence-corrected chi connectivity index (χ1v) is 5.27. The van der Waals surface area contributed by atoms with Crippen molar-refractivity contribution < 1.29 is 4.79 Å². The van der Waals surface area contributed by atoms with E-state index in [4.69, 9.17) is 0 Å². The molecule has 0 saturated carbocycles. The number of hydrogen-bond acceptors (Lipinski definition) is 3. The van der Waals surface area contributed by atoms with Crippen LogP contribution in [0.1, 0.15) is 19.3 Å². The van der Waals surface area contributed by atoms with E-state index in [1.807, 2.05) is 6.08 Å². The third-order valence-corrected chi connectivity index (χ3v) is 2.64. The monoisotopic (exact) mass is 196 g/mol. The van der Waals surface area contributed by atoms with Gasteiger partial charge in [-0.1, -0.05) is 6.08 Å². The summed E-state index contributed by atoms with van der Waals surface area (Å²) < 4.78 is 0. The zero-order valence-electron chi connectivity index (χ0n) is 8.96. The highest BCUT2D eigenvalue weighted by molar-refractivity contribution is 5.83. The molecule has 80 valence electrons. The molecule has 0 aromatic heterocycles. The van der Waals surface area contributed by atoms with E-state index >= 15 is 0 Å². The molecular weight excluding hydrogens is 176 g/mol. The summed E-state index contributed by atoms with van der Waals surface area (Å²) in [6, 6.07) is 0.411. The molecule has 14 heavy (non-hydrogen) atoms. The minimum Gasteiger partial charge on any atom is -0.307 e. The third-order valence-electron chi connectivity index (χ3n) is 2.64. The summed E-state index contributed by atoms with van der Waals surface area (Å²) in [7, 11) is 2.11. The normalized spacial score (nSPS) is 21.9. The van der Waals surface area contributed by atoms with E-state index in [2.05, 4.69) is 23.8 Å². The van der Waals surface area contributed by atoms with Crippen molar-refractivity contribution >= 4 is 5.78 Å². The highest BCUT2D eigenvalue weighted by Crippen LogP contribution is 2.06. The molecule has 1 heterocycles. The summed E-state index contributed by atoms with van der Waals surface area (Å²) in [6.45, 7) is 6.38. The molecule has 1 fully saturated rings. The molecule has 1 saturated heterocycles. The van der Waals surface area contributed by atoms with Gasteiger partial charge in [0, 0.05) is 19.0 Å². The van der Waals surface area contributed by atoms with Crippen LogP contribution < -0.4 is 5.32 Å². The van der Waals surface area contributed by atoms with Crippen LogP contribution in [0.4, 0.5) is 0 Å². The number of nitrogens with one attached hydrogen (secondary N) is 1. The molecule has 3 nitrogen and oxygen atoms in total. The van der Waals surface area contributed by atoms with Crippen LogP contribution in [-0.2, 0) is 4.79 Å². The smallest absolute Gasteiger partial charge is 0.148 e. The molecule has 1 aliphatic rings. The molecule has 1 rings (SSSR count). The number of rotatable bonds is 6. The Labute approximate surface area is 86.2 Å². The second-order valence-corrected chi connectivity index (χ2v) is 3.99. The number of Topliss-reactive ketones (excluding diaryl/α,β-unsaturated/α-hetero) is 1. The molecular formula is C11H20N2O. The van der Waals surface area contributed by atoms with Crippen molar-refractivity contribution in [1.29, 1.82) is 0 Å². The van der Waals surface area contributed by atoms with Gasteiger partial charge in [0.05, 0.1) is 6.54 Å². The van der Waals surface area contributed by atoms with Crippen molar-refractivity contribution in [3.8, 4) is 0 Å². The maximum Gasteiger partial charge on any atom is 0.148 e. The van der Waals surface area contributed by atoms with Gasteiger partial charge in [-0.05, 0) is 26.4 Å². The maximum absolute atomic E-state index is 11.0. The first kappa shape index (κ1) is 11.4. The average molecular weight is 196 g/mol. The van der Waals surface area contributed by atoms with E-state index in [1.54, 1.807) is 0 Å². The Kier molecular flexibility index (Phi) is 4.84. The topological polar surface area (TPSA) is 32.3 Å². The van der Waals surface area contributed by atoms with Crippen LogP contribution in [0.25, 0.3) is 0 Å². The molecule has 3 heteroatoms. The van der Waals surface area contributed by atoms with Gasteiger partial charge in [0.15, 0.2) is 0 Å². The lowest BCUT2D eigenvalue weighted by Gasteiger charge is -2.17. The molecule has 0 bridgehead atoms. The van der Waals surface area contributed by atoms with Gasteiger partial charge in [0.1, 0.15) is 5.78 Å². The van der Waals surface area contributed by atoms with Crippen LogP contribution in [-0.4, -0.2) is 43.4 Å². The van der Waals surface area contributed by atoms with Crippen LogP contribution in [0, 0.1) is 0 Å². The Morgan fingerprint density at radius 2 is 2.43 bits per heavy atom. The van der Waals surface area contributed by atoms with Crippen molar-refractivity contribution in [2.24, 2.45) is 0 Å². The van der Waals surface area contributed by atoms with E-state index in [0.29, 0.717) is 18.4 Å². The fourth-order valence-corrected chi connectivity index (χ4v) is 1.68. The van der Waals surface area contributed by atoms with E-state index in [0.717, 1.165) is 32.4 Å². The summed E-state index contributed by atoms with van der Waals surface area (Å²) in [5.74, 6) is 0.351. The predicted octanol–water partition coefficient (Wildman–Crippen LogP) is 0.815. The number of hydrogen-bond donors (Lipinski definition) is 1. The van der Waals surface area contributed by atoms with Gasteiger partial charge in [-0.2, -0.15) is 0 Å². The van der Waals surface area contributed by atoms with Crippen molar-refractivity contribution in [3.05, 3.63) is 12.7 Å². The summed E-state index contributed by atoms with van der Waals surface area (Å²) in [4.78, 5) is 13.3. The molecule has 1 unspecified atom stereocenters. The van der Waals surface area contributed by atoms with Crippen LogP contribution in [0.15, 0.2) is 12.7 Å². The first-order chi connectivity index (χ1) is 6.72. The lowest BCUT2D eigenvalue weighted by molar-refractivity contribution is -0.116. The highest BCUT2D eigenvalue weighted by atomic mass is 16.1. The molecule has 1 aliphatic heterocycles. The first-order valence-electron chi connectivity index (χ1n) is 5.27. The van der Waals surface area contributed by atoms with Crippen molar-refractivity contribution in [3.63, 3.8) is 0 Å². The standard InChI is InChI=1S/C11H20N2O/c1-3-4-6-13(2)7-5-10-8-11(14)9-12-10/h3,10,12H,1,4-9H2,2H3. The summed E-state index contributed by atoms with van der Waals surface area (Å²) in [6.07, 6.45) is 4.76. The molecule has 1 N–H and O–H groups in total. The van der Waals surface area contributed by atoms with E-state index < -0.39 is 0 Å². The zero-order valence-corrected chi connectivity index (χ0v) is 8.96. The van der Waals surface area contributed by atoms with Crippen LogP contribution >= 0.6 is 0 Å². The SMILES string of the molecule is C=CCCN(C)CCC1CC(=O)CN1. The van der Waals surface area contributed by atoms with Gasteiger partial charge in [-0.25, -0.2) is 0 Å². The van der Waals surface area contributed by atoms with Gasteiger partial charge in [0.2, 0.25) is 0 Å². The predicted molar refractivity (Wildman–Crippen MR) is 58.3 cm³/mol. The molecule has 0 spiro atoms. The molecule has 0 aromatic rings. The van der Waals surface area contributed by atoms with Crippen LogP contribution in [0.2, 0.25) is 0 Å². The lowest BCUT2D eigenvalue weighted by atomic mass is 10.1. The summed E-state index contributed by atoms with van der Waals surface area (Å²) in [5.41, 5.74) is 0. The second kappa shape index (κ2) is 5.94. The van der Waals surface area contributed by atoms with E-state index in [9.17, 15) is 4.79 Å². The number of carbonyl (C=O) groups is 1. The fraction of sp³-hybridized carbons (Fsp3) is 0.727. The van der Waals surface area contributed by atoms with Gasteiger partial charge >= 0.3 is 0 Å². The van der Waals surface area contributed by atoms with Gasteiger partial charge < -0.3 is 10.2 Å². The minimum absolute atomic E-state index is 0.351. The second-order valence-electron chi connectivity index (χ2n) is 3.99. The van der Waals surface area contributed by atoms with Gasteiger partial charge in [-0.3, -0.25) is 4.79 Å². The lowest BCUT2D eigenvalue weighted by Crippen LogP contribution is -2.28. The Hall–Kier alpha value is -0.670. The number of carbonyl (C=O) groups excluding carboxylic acids is 1. The van der Waals surface area contributed by atoms with Crippen molar-refractivity contribution in [1.82, 2.24) is 10.2 Å². The average Bonchev–Trinajstić information content (AvgIpc) is 2.58. The maximum atomic E-state index is 11.0. The molecule has 0 radical (unpaired) electrons. The highest BCUT2D eigenvalue weighted by Gasteiger charge is 2.20. The minimum atomic E-state index is 0.351. The third kappa shape index (κ3) is 4.03. The largest absolute Gasteiger partial charge is 0.307 e. The number of ketones is 1. The summed E-state index contributed by atoms with van der Waals surface area (Å²) >= 11 is 0. The Balaban J connectivity index is 2.07. The Morgan fingerprint density at radius 3 is 3.00 bits per heavy atom. The Bertz CT molecular complexity index is 203. The van der Waals surface area contributed by atoms with E-state index in [1.165, 1.54) is 0 Å². The zero-order chi connectivity index (χ0) is 10.4. The molecule has 0 aliphatic carbocycles. The van der Waals surface area contributed by atoms with Crippen molar-refractivity contribution in [2.45, 2.75) is 25.3 Å². The van der Waals surface area contributed by atoms with Crippen LogP contribution in [0.3, 0.4) is 0 Å². The summed E-state index contributed by atoms with van der Waals surface area (Å²) in [5, 5.41) is 3.22. The Morgan fingerprint density at radius 1 is 1.64 bits per heavy atom. The van der Waals surface area contributed by atoms with Gasteiger partial charge in [0.25, 0.3) is 0 Å². The van der Waals surface area contributed by atoms with Crippen molar-refractivity contribution in [2.75, 3.05) is 26.7 Å². The van der Waals surface area contributed by atoms with E-state index in [-0.39, 0.29) is 0 Å². The molecule has 0 aromatic carbocycles. The van der Waals surface area contributed by atoms with Gasteiger partial charge in [-0.15, -0.1) is 6.58 Å². The quantitative estimate of drug-likeness (QED) is 0.638. The fourth-order valence-electron chi connectivity index (χ4n) is 1.68.